The third kappa shape index (κ3) is 7.33. The highest BCUT2D eigenvalue weighted by molar-refractivity contribution is 5.75. The smallest absolute Gasteiger partial charge is 0.223 e. The summed E-state index contributed by atoms with van der Waals surface area (Å²) in [5.41, 5.74) is 0. The van der Waals surface area contributed by atoms with Gasteiger partial charge in [-0.3, -0.25) is 4.79 Å². The van der Waals surface area contributed by atoms with Crippen molar-refractivity contribution in [2.45, 2.75) is 26.2 Å². The van der Waals surface area contributed by atoms with Crippen LogP contribution < -0.4 is 5.32 Å². The standard InChI is InChI=1S/C11H24N2O2/c1-4-10(6-8-14)9-12-7-5-11(15)13(2)3/h10,12,14H,4-9H2,1-3H3. The molecular weight excluding hydrogens is 192 g/mol. The van der Waals surface area contributed by atoms with Gasteiger partial charge in [-0.1, -0.05) is 13.3 Å². The van der Waals surface area contributed by atoms with E-state index in [0.29, 0.717) is 12.3 Å². The van der Waals surface area contributed by atoms with Crippen molar-refractivity contribution >= 4 is 5.91 Å². The number of aliphatic hydroxyl groups is 1. The van der Waals surface area contributed by atoms with Crippen molar-refractivity contribution in [2.24, 2.45) is 5.92 Å². The minimum atomic E-state index is 0.151. The molecule has 0 rings (SSSR count). The number of aliphatic hydroxyl groups excluding tert-OH is 1. The monoisotopic (exact) mass is 216 g/mol. The first kappa shape index (κ1) is 14.4. The maximum atomic E-state index is 11.2. The SMILES string of the molecule is CCC(CCO)CNCCC(=O)N(C)C. The van der Waals surface area contributed by atoms with Gasteiger partial charge in [0.15, 0.2) is 0 Å². The second-order valence-corrected chi connectivity index (χ2v) is 4.03. The molecule has 0 saturated carbocycles. The summed E-state index contributed by atoms with van der Waals surface area (Å²) >= 11 is 0. The van der Waals surface area contributed by atoms with Crippen LogP contribution in [0.2, 0.25) is 0 Å². The maximum Gasteiger partial charge on any atom is 0.223 e. The maximum absolute atomic E-state index is 11.2. The fraction of sp³-hybridized carbons (Fsp3) is 0.909. The highest BCUT2D eigenvalue weighted by Gasteiger charge is 2.06. The molecule has 0 aromatic rings. The summed E-state index contributed by atoms with van der Waals surface area (Å²) in [6.07, 6.45) is 2.45. The predicted octanol–water partition coefficient (Wildman–Crippen LogP) is 0.463. The second kappa shape index (κ2) is 8.68. The topological polar surface area (TPSA) is 52.6 Å². The molecule has 2 N–H and O–H groups in total. The van der Waals surface area contributed by atoms with Gasteiger partial charge in [-0.05, 0) is 18.9 Å². The van der Waals surface area contributed by atoms with Crippen molar-refractivity contribution in [3.8, 4) is 0 Å². The lowest BCUT2D eigenvalue weighted by molar-refractivity contribution is -0.128. The van der Waals surface area contributed by atoms with Crippen LogP contribution in [-0.2, 0) is 4.79 Å². The van der Waals surface area contributed by atoms with Crippen LogP contribution in [0.4, 0.5) is 0 Å². The molecule has 0 aliphatic heterocycles. The van der Waals surface area contributed by atoms with Crippen molar-refractivity contribution in [1.82, 2.24) is 10.2 Å². The summed E-state index contributed by atoms with van der Waals surface area (Å²) in [5.74, 6) is 0.669. The number of rotatable bonds is 8. The number of hydrogen-bond acceptors (Lipinski definition) is 3. The minimum Gasteiger partial charge on any atom is -0.396 e. The first-order chi connectivity index (χ1) is 7.11. The van der Waals surface area contributed by atoms with Crippen molar-refractivity contribution in [3.05, 3.63) is 0 Å². The van der Waals surface area contributed by atoms with E-state index in [1.54, 1.807) is 19.0 Å². The fourth-order valence-electron chi connectivity index (χ4n) is 1.36. The van der Waals surface area contributed by atoms with Crippen LogP contribution in [0.3, 0.4) is 0 Å². The Kier molecular flexibility index (Phi) is 8.33. The molecule has 0 aromatic heterocycles. The number of amides is 1. The van der Waals surface area contributed by atoms with Crippen molar-refractivity contribution < 1.29 is 9.90 Å². The zero-order valence-corrected chi connectivity index (χ0v) is 10.1. The summed E-state index contributed by atoms with van der Waals surface area (Å²) in [7, 11) is 3.53. The molecule has 0 fully saturated rings. The highest BCUT2D eigenvalue weighted by Crippen LogP contribution is 2.05. The number of hydrogen-bond donors (Lipinski definition) is 2. The Bertz CT molecular complexity index is 172. The fourth-order valence-corrected chi connectivity index (χ4v) is 1.36. The summed E-state index contributed by atoms with van der Waals surface area (Å²) in [5, 5.41) is 12.0. The van der Waals surface area contributed by atoms with Crippen LogP contribution in [0, 0.1) is 5.92 Å². The third-order valence-electron chi connectivity index (χ3n) is 2.56. The van der Waals surface area contributed by atoms with Gasteiger partial charge in [0, 0.05) is 33.7 Å². The molecule has 0 aliphatic rings. The van der Waals surface area contributed by atoms with Gasteiger partial charge in [-0.2, -0.15) is 0 Å². The molecule has 0 bridgehead atoms. The van der Waals surface area contributed by atoms with Crippen LogP contribution in [0.5, 0.6) is 0 Å². The Morgan fingerprint density at radius 3 is 2.60 bits per heavy atom. The Morgan fingerprint density at radius 2 is 2.13 bits per heavy atom. The molecule has 15 heavy (non-hydrogen) atoms. The van der Waals surface area contributed by atoms with Crippen molar-refractivity contribution in [3.63, 3.8) is 0 Å². The van der Waals surface area contributed by atoms with E-state index in [1.807, 2.05) is 0 Å². The van der Waals surface area contributed by atoms with E-state index in [4.69, 9.17) is 5.11 Å². The van der Waals surface area contributed by atoms with E-state index in [0.717, 1.165) is 25.9 Å². The van der Waals surface area contributed by atoms with Gasteiger partial charge in [0.1, 0.15) is 0 Å². The summed E-state index contributed by atoms with van der Waals surface area (Å²) < 4.78 is 0. The van der Waals surface area contributed by atoms with E-state index >= 15 is 0 Å². The minimum absolute atomic E-state index is 0.151. The number of carbonyl (C=O) groups is 1. The first-order valence-corrected chi connectivity index (χ1v) is 5.63. The lowest BCUT2D eigenvalue weighted by atomic mass is 10.0. The lowest BCUT2D eigenvalue weighted by Crippen LogP contribution is -2.29. The van der Waals surface area contributed by atoms with Gasteiger partial charge < -0.3 is 15.3 Å². The van der Waals surface area contributed by atoms with Gasteiger partial charge >= 0.3 is 0 Å². The Hall–Kier alpha value is -0.610. The third-order valence-corrected chi connectivity index (χ3v) is 2.56. The normalized spacial score (nSPS) is 12.5. The average Bonchev–Trinajstić information content (AvgIpc) is 2.22. The van der Waals surface area contributed by atoms with Gasteiger partial charge in [0.2, 0.25) is 5.91 Å². The quantitative estimate of drug-likeness (QED) is 0.580. The van der Waals surface area contributed by atoms with E-state index in [1.165, 1.54) is 0 Å². The largest absolute Gasteiger partial charge is 0.396 e. The van der Waals surface area contributed by atoms with E-state index in [9.17, 15) is 4.79 Å². The Balaban J connectivity index is 3.47. The number of nitrogens with one attached hydrogen (secondary N) is 1. The molecule has 1 atom stereocenters. The number of carbonyl (C=O) groups excluding carboxylic acids is 1. The Labute approximate surface area is 92.7 Å². The van der Waals surface area contributed by atoms with Gasteiger partial charge in [0.05, 0.1) is 0 Å². The zero-order valence-electron chi connectivity index (χ0n) is 10.1. The van der Waals surface area contributed by atoms with Crippen molar-refractivity contribution in [2.75, 3.05) is 33.8 Å². The number of nitrogens with zero attached hydrogens (tertiary/aromatic N) is 1. The molecule has 90 valence electrons. The average molecular weight is 216 g/mol. The molecular formula is C11H24N2O2. The molecule has 1 unspecified atom stereocenters. The van der Waals surface area contributed by atoms with Crippen LogP contribution in [0.25, 0.3) is 0 Å². The van der Waals surface area contributed by atoms with Crippen LogP contribution in [0.15, 0.2) is 0 Å². The Morgan fingerprint density at radius 1 is 1.47 bits per heavy atom. The van der Waals surface area contributed by atoms with Gasteiger partial charge in [-0.25, -0.2) is 0 Å². The van der Waals surface area contributed by atoms with E-state index in [-0.39, 0.29) is 12.5 Å². The molecule has 0 heterocycles. The second-order valence-electron chi connectivity index (χ2n) is 4.03. The van der Waals surface area contributed by atoms with Crippen LogP contribution in [-0.4, -0.2) is 49.7 Å². The molecule has 0 aliphatic carbocycles. The molecule has 4 nitrogen and oxygen atoms in total. The van der Waals surface area contributed by atoms with Crippen LogP contribution in [0.1, 0.15) is 26.2 Å². The lowest BCUT2D eigenvalue weighted by Gasteiger charge is -2.15. The molecule has 0 radical (unpaired) electrons. The van der Waals surface area contributed by atoms with Gasteiger partial charge in [-0.15, -0.1) is 0 Å². The van der Waals surface area contributed by atoms with Crippen LogP contribution >= 0.6 is 0 Å². The zero-order chi connectivity index (χ0) is 11.7. The molecule has 4 heteroatoms. The summed E-state index contributed by atoms with van der Waals surface area (Å²) in [6.45, 7) is 3.97. The van der Waals surface area contributed by atoms with E-state index < -0.39 is 0 Å². The molecule has 0 spiro atoms. The molecule has 1 amide bonds. The van der Waals surface area contributed by atoms with E-state index in [2.05, 4.69) is 12.2 Å². The highest BCUT2D eigenvalue weighted by atomic mass is 16.3. The predicted molar refractivity (Wildman–Crippen MR) is 61.7 cm³/mol. The molecule has 0 saturated heterocycles. The summed E-state index contributed by atoms with van der Waals surface area (Å²) in [4.78, 5) is 12.8. The first-order valence-electron chi connectivity index (χ1n) is 5.63. The summed E-state index contributed by atoms with van der Waals surface area (Å²) in [6, 6.07) is 0. The molecule has 0 aromatic carbocycles. The van der Waals surface area contributed by atoms with Gasteiger partial charge in [0.25, 0.3) is 0 Å². The van der Waals surface area contributed by atoms with Crippen molar-refractivity contribution in [1.29, 1.82) is 0 Å².